The van der Waals surface area contributed by atoms with Gasteiger partial charge >= 0.3 is 0 Å². The molecule has 1 fully saturated rings. The van der Waals surface area contributed by atoms with Crippen molar-refractivity contribution in [3.8, 4) is 11.5 Å². The van der Waals surface area contributed by atoms with Crippen LogP contribution in [0.2, 0.25) is 0 Å². The first kappa shape index (κ1) is 22.2. The van der Waals surface area contributed by atoms with Crippen molar-refractivity contribution in [1.29, 1.82) is 0 Å². The molecule has 1 amide bonds. The fourth-order valence-electron chi connectivity index (χ4n) is 4.54. The molecule has 0 saturated heterocycles. The molecule has 4 rings (SSSR count). The molecular weight excluding hydrogens is 409 g/mol. The van der Waals surface area contributed by atoms with Crippen molar-refractivity contribution >= 4 is 16.9 Å². The lowest BCUT2D eigenvalue weighted by atomic mass is 9.95. The van der Waals surface area contributed by atoms with Crippen molar-refractivity contribution < 1.29 is 13.9 Å². The highest BCUT2D eigenvalue weighted by Gasteiger charge is 2.40. The Hall–Kier alpha value is -2.97. The highest BCUT2D eigenvalue weighted by atomic mass is 19.1. The number of likely N-dealkylation sites (N-methyl/N-ethyl adjacent to an activating group) is 1. The predicted molar refractivity (Wildman–Crippen MR) is 122 cm³/mol. The number of nitrogens with one attached hydrogen (secondary N) is 3. The Kier molecular flexibility index (Phi) is 6.43. The van der Waals surface area contributed by atoms with Gasteiger partial charge in [0, 0.05) is 32.0 Å². The van der Waals surface area contributed by atoms with E-state index in [1.807, 2.05) is 19.2 Å². The van der Waals surface area contributed by atoms with Crippen molar-refractivity contribution in [3.63, 3.8) is 0 Å². The third-order valence-electron chi connectivity index (χ3n) is 6.27. The van der Waals surface area contributed by atoms with Gasteiger partial charge in [-0.1, -0.05) is 18.9 Å². The van der Waals surface area contributed by atoms with E-state index in [0.29, 0.717) is 24.4 Å². The van der Waals surface area contributed by atoms with E-state index in [-0.39, 0.29) is 17.7 Å². The second-order valence-corrected chi connectivity index (χ2v) is 8.58. The van der Waals surface area contributed by atoms with E-state index in [9.17, 15) is 9.18 Å². The number of aromatic nitrogens is 2. The van der Waals surface area contributed by atoms with Crippen LogP contribution in [0.3, 0.4) is 0 Å². The fourth-order valence-corrected chi connectivity index (χ4v) is 4.54. The number of nitrogens with two attached hydrogens (primary N) is 1. The van der Waals surface area contributed by atoms with Crippen LogP contribution in [-0.4, -0.2) is 41.0 Å². The molecule has 7 nitrogen and oxygen atoms in total. The normalized spacial score (nSPS) is 16.2. The summed E-state index contributed by atoms with van der Waals surface area (Å²) in [6, 6.07) is 6.39. The molecule has 1 aliphatic rings. The van der Waals surface area contributed by atoms with Gasteiger partial charge in [0.15, 0.2) is 11.6 Å². The molecule has 2 aromatic heterocycles. The van der Waals surface area contributed by atoms with Crippen molar-refractivity contribution in [2.45, 2.75) is 50.6 Å². The van der Waals surface area contributed by atoms with Gasteiger partial charge in [0.05, 0.1) is 10.9 Å². The van der Waals surface area contributed by atoms with Crippen LogP contribution >= 0.6 is 0 Å². The molecule has 1 atom stereocenters. The van der Waals surface area contributed by atoms with Crippen LogP contribution in [0.1, 0.15) is 36.8 Å². The van der Waals surface area contributed by atoms with E-state index in [1.165, 1.54) is 6.07 Å². The number of halogens is 1. The Morgan fingerprint density at radius 2 is 2.09 bits per heavy atom. The smallest absolute Gasteiger partial charge is 0.240 e. The van der Waals surface area contributed by atoms with Gasteiger partial charge in [-0.25, -0.2) is 9.37 Å². The van der Waals surface area contributed by atoms with E-state index in [4.69, 9.17) is 10.5 Å². The SMILES string of the molecule is CNC(=O)C1(NC[C@@H](N)Cc2ccc(Oc3ccnc4[nH]cc(C)c34)c(F)c2)CCCC1. The van der Waals surface area contributed by atoms with Gasteiger partial charge in [-0.3, -0.25) is 4.79 Å². The monoisotopic (exact) mass is 439 g/mol. The number of nitrogens with zero attached hydrogens (tertiary/aromatic N) is 1. The first-order valence-electron chi connectivity index (χ1n) is 11.0. The topological polar surface area (TPSA) is 105 Å². The van der Waals surface area contributed by atoms with Gasteiger partial charge in [0.25, 0.3) is 0 Å². The zero-order valence-corrected chi connectivity index (χ0v) is 18.5. The van der Waals surface area contributed by atoms with E-state index >= 15 is 0 Å². The lowest BCUT2D eigenvalue weighted by molar-refractivity contribution is -0.127. The molecule has 0 aliphatic heterocycles. The summed E-state index contributed by atoms with van der Waals surface area (Å²) in [5.41, 5.74) is 8.23. The molecule has 170 valence electrons. The number of aromatic amines is 1. The molecule has 5 N–H and O–H groups in total. The zero-order valence-electron chi connectivity index (χ0n) is 18.5. The number of hydrogen-bond donors (Lipinski definition) is 4. The molecule has 0 radical (unpaired) electrons. The molecule has 2 heterocycles. The second-order valence-electron chi connectivity index (χ2n) is 8.58. The second kappa shape index (κ2) is 9.26. The van der Waals surface area contributed by atoms with Crippen molar-refractivity contribution in [2.75, 3.05) is 13.6 Å². The lowest BCUT2D eigenvalue weighted by Gasteiger charge is -2.30. The Morgan fingerprint density at radius 1 is 1.31 bits per heavy atom. The third kappa shape index (κ3) is 4.47. The number of benzene rings is 1. The molecular formula is C24H30FN5O2. The Labute approximate surface area is 186 Å². The Bertz CT molecular complexity index is 1110. The summed E-state index contributed by atoms with van der Waals surface area (Å²) in [5, 5.41) is 6.97. The minimum atomic E-state index is -0.540. The van der Waals surface area contributed by atoms with E-state index < -0.39 is 11.4 Å². The standard InChI is InChI=1S/C24H30FN5O2/c1-15-13-29-22-21(15)20(7-10-28-22)32-19-6-5-16(12-18(19)25)11-17(26)14-30-24(23(31)27-2)8-3-4-9-24/h5-7,10,12-13,17,30H,3-4,8-9,11,14,26H2,1-2H3,(H,27,31)(H,28,29)/t17-/m0/s1. The maximum absolute atomic E-state index is 14.8. The fraction of sp³-hybridized carbons (Fsp3) is 0.417. The molecule has 1 aliphatic carbocycles. The maximum atomic E-state index is 14.8. The average molecular weight is 440 g/mol. The number of fused-ring (bicyclic) bond motifs is 1. The number of aryl methyl sites for hydroxylation is 1. The summed E-state index contributed by atoms with van der Waals surface area (Å²) >= 11 is 0. The number of carbonyl (C=O) groups excluding carboxylic acids is 1. The minimum absolute atomic E-state index is 0.0117. The average Bonchev–Trinajstić information content (AvgIpc) is 3.42. The molecule has 8 heteroatoms. The largest absolute Gasteiger partial charge is 0.453 e. The summed E-state index contributed by atoms with van der Waals surface area (Å²) in [6.45, 7) is 2.43. The first-order valence-corrected chi connectivity index (χ1v) is 11.0. The minimum Gasteiger partial charge on any atom is -0.453 e. The molecule has 0 bridgehead atoms. The van der Waals surface area contributed by atoms with Crippen molar-refractivity contribution in [3.05, 3.63) is 53.6 Å². The Morgan fingerprint density at radius 3 is 2.81 bits per heavy atom. The van der Waals surface area contributed by atoms with E-state index in [2.05, 4.69) is 20.6 Å². The summed E-state index contributed by atoms with van der Waals surface area (Å²) < 4.78 is 20.7. The number of rotatable bonds is 8. The van der Waals surface area contributed by atoms with Crippen molar-refractivity contribution in [2.24, 2.45) is 5.73 Å². The quantitative estimate of drug-likeness (QED) is 0.431. The highest BCUT2D eigenvalue weighted by Crippen LogP contribution is 2.33. The van der Waals surface area contributed by atoms with Crippen molar-refractivity contribution in [1.82, 2.24) is 20.6 Å². The summed E-state index contributed by atoms with van der Waals surface area (Å²) in [6.07, 6.45) is 7.63. The van der Waals surface area contributed by atoms with Crippen LogP contribution in [0.4, 0.5) is 4.39 Å². The first-order chi connectivity index (χ1) is 15.4. The number of pyridine rings is 1. The van der Waals surface area contributed by atoms with Crippen LogP contribution in [0.25, 0.3) is 11.0 Å². The number of carbonyl (C=O) groups is 1. The predicted octanol–water partition coefficient (Wildman–Crippen LogP) is 3.32. The number of hydrogen-bond acceptors (Lipinski definition) is 5. The van der Waals surface area contributed by atoms with Gasteiger partial charge in [-0.15, -0.1) is 0 Å². The van der Waals surface area contributed by atoms with Gasteiger partial charge in [-0.05, 0) is 55.5 Å². The number of amides is 1. The molecule has 3 aromatic rings. The van der Waals surface area contributed by atoms with Gasteiger partial charge < -0.3 is 26.1 Å². The van der Waals surface area contributed by atoms with Crippen LogP contribution < -0.4 is 21.1 Å². The van der Waals surface area contributed by atoms with Crippen LogP contribution in [0.5, 0.6) is 11.5 Å². The van der Waals surface area contributed by atoms with Crippen LogP contribution in [-0.2, 0) is 11.2 Å². The third-order valence-corrected chi connectivity index (χ3v) is 6.27. The summed E-state index contributed by atoms with van der Waals surface area (Å²) in [5.74, 6) is 0.270. The zero-order chi connectivity index (χ0) is 22.7. The van der Waals surface area contributed by atoms with Crippen LogP contribution in [0, 0.1) is 12.7 Å². The molecule has 0 unspecified atom stereocenters. The van der Waals surface area contributed by atoms with Gasteiger partial charge in [-0.2, -0.15) is 0 Å². The lowest BCUT2D eigenvalue weighted by Crippen LogP contribution is -2.57. The van der Waals surface area contributed by atoms with Crippen LogP contribution in [0.15, 0.2) is 36.7 Å². The van der Waals surface area contributed by atoms with E-state index in [1.54, 1.807) is 25.4 Å². The molecule has 0 spiro atoms. The summed E-state index contributed by atoms with van der Waals surface area (Å²) in [4.78, 5) is 19.7. The number of ether oxygens (including phenoxy) is 1. The summed E-state index contributed by atoms with van der Waals surface area (Å²) in [7, 11) is 1.66. The maximum Gasteiger partial charge on any atom is 0.240 e. The highest BCUT2D eigenvalue weighted by molar-refractivity contribution is 5.87. The number of H-pyrrole nitrogens is 1. The molecule has 1 saturated carbocycles. The Balaban J connectivity index is 1.41. The molecule has 32 heavy (non-hydrogen) atoms. The van der Waals surface area contributed by atoms with Gasteiger partial charge in [0.2, 0.25) is 5.91 Å². The molecule has 1 aromatic carbocycles. The van der Waals surface area contributed by atoms with E-state index in [0.717, 1.165) is 42.2 Å². The van der Waals surface area contributed by atoms with Gasteiger partial charge in [0.1, 0.15) is 11.4 Å².